The van der Waals surface area contributed by atoms with E-state index in [0.29, 0.717) is 11.1 Å². The zero-order valence-electron chi connectivity index (χ0n) is 18.0. The highest BCUT2D eigenvalue weighted by molar-refractivity contribution is 5.96. The van der Waals surface area contributed by atoms with Gasteiger partial charge in [0.1, 0.15) is 17.1 Å². The van der Waals surface area contributed by atoms with E-state index < -0.39 is 5.97 Å². The van der Waals surface area contributed by atoms with Crippen molar-refractivity contribution in [2.75, 3.05) is 0 Å². The van der Waals surface area contributed by atoms with Gasteiger partial charge >= 0.3 is 5.97 Å². The van der Waals surface area contributed by atoms with E-state index >= 15 is 0 Å². The molecule has 31 heavy (non-hydrogen) atoms. The quantitative estimate of drug-likeness (QED) is 0.402. The number of carboxylic acid groups (broad SMARTS) is 1. The maximum Gasteiger partial charge on any atom is 0.336 e. The molecule has 0 aliphatic carbocycles. The fraction of sp³-hybridized carbons (Fsp3) is 0.231. The lowest BCUT2D eigenvalue weighted by Crippen LogP contribution is -2.04. The highest BCUT2D eigenvalue weighted by Gasteiger charge is 2.18. The number of imidazole rings is 1. The van der Waals surface area contributed by atoms with Gasteiger partial charge in [-0.25, -0.2) is 9.78 Å². The summed E-state index contributed by atoms with van der Waals surface area (Å²) in [5.74, 6) is 0.160. The monoisotopic (exact) mass is 414 g/mol. The number of fused-ring (bicyclic) bond motifs is 1. The number of phenolic OH excluding ortho intramolecular Hbond substituents is 1. The first-order valence-corrected chi connectivity index (χ1v) is 10.6. The fourth-order valence-corrected chi connectivity index (χ4v) is 4.14. The van der Waals surface area contributed by atoms with Crippen LogP contribution in [0, 0.1) is 13.8 Å². The van der Waals surface area contributed by atoms with Crippen molar-refractivity contribution in [1.29, 1.82) is 0 Å². The number of aryl methyl sites for hydroxylation is 3. The van der Waals surface area contributed by atoms with E-state index in [4.69, 9.17) is 4.98 Å². The second-order valence-corrected chi connectivity index (χ2v) is 7.92. The molecule has 3 aromatic carbocycles. The predicted molar refractivity (Wildman–Crippen MR) is 123 cm³/mol. The number of rotatable bonds is 6. The molecule has 0 atom stereocenters. The van der Waals surface area contributed by atoms with E-state index in [1.165, 1.54) is 0 Å². The molecule has 0 saturated heterocycles. The molecule has 0 radical (unpaired) electrons. The molecule has 1 heterocycles. The first-order valence-electron chi connectivity index (χ1n) is 10.6. The van der Waals surface area contributed by atoms with Crippen LogP contribution < -0.4 is 0 Å². The Bertz CT molecular complexity index is 1290. The minimum Gasteiger partial charge on any atom is -0.506 e. The van der Waals surface area contributed by atoms with Gasteiger partial charge in [-0.2, -0.15) is 0 Å². The number of unbranched alkanes of at least 4 members (excludes halogenated alkanes) is 1. The number of benzene rings is 3. The van der Waals surface area contributed by atoms with Gasteiger partial charge < -0.3 is 10.2 Å². The number of aromatic hydroxyl groups is 1. The summed E-state index contributed by atoms with van der Waals surface area (Å²) in [6, 6.07) is 16.7. The van der Waals surface area contributed by atoms with Gasteiger partial charge in [0.05, 0.1) is 11.1 Å². The number of aromatic nitrogens is 2. The van der Waals surface area contributed by atoms with Crippen molar-refractivity contribution in [1.82, 2.24) is 9.55 Å². The Kier molecular flexibility index (Phi) is 5.51. The lowest BCUT2D eigenvalue weighted by atomic mass is 9.95. The molecule has 0 amide bonds. The molecule has 0 aliphatic heterocycles. The van der Waals surface area contributed by atoms with Crippen molar-refractivity contribution in [2.45, 2.75) is 40.0 Å². The molecule has 5 heteroatoms. The van der Waals surface area contributed by atoms with E-state index in [-0.39, 0.29) is 11.3 Å². The molecule has 0 unspecified atom stereocenters. The summed E-state index contributed by atoms with van der Waals surface area (Å²) >= 11 is 0. The number of carbonyl (C=O) groups is 1. The Morgan fingerprint density at radius 1 is 1.00 bits per heavy atom. The van der Waals surface area contributed by atoms with Crippen LogP contribution in [0.2, 0.25) is 0 Å². The van der Waals surface area contributed by atoms with Crippen LogP contribution in [0.15, 0.2) is 54.6 Å². The summed E-state index contributed by atoms with van der Waals surface area (Å²) in [4.78, 5) is 16.5. The van der Waals surface area contributed by atoms with E-state index in [1.54, 1.807) is 18.2 Å². The van der Waals surface area contributed by atoms with Crippen LogP contribution in [0.1, 0.15) is 47.1 Å². The zero-order chi connectivity index (χ0) is 22.1. The molecule has 0 bridgehead atoms. The second kappa shape index (κ2) is 8.26. The van der Waals surface area contributed by atoms with E-state index in [0.717, 1.165) is 53.0 Å². The average Bonchev–Trinajstić information content (AvgIpc) is 3.15. The number of nitrogens with zero attached hydrogens (tertiary/aromatic N) is 2. The third kappa shape index (κ3) is 3.67. The lowest BCUT2D eigenvalue weighted by molar-refractivity contribution is 0.0697. The number of aromatic carboxylic acids is 1. The standard InChI is InChI=1S/C26H26N2O3/c1-4-5-10-23-27-24-22(29)14-11-16(2)25(24)28(23)18-12-13-19(17(3)15-18)20-8-6-7-9-21(20)26(30)31/h6-9,11-15,29H,4-5,10H2,1-3H3,(H,30,31). The van der Waals surface area contributed by atoms with Crippen LogP contribution in [0.25, 0.3) is 27.8 Å². The van der Waals surface area contributed by atoms with Crippen molar-refractivity contribution in [3.8, 4) is 22.6 Å². The van der Waals surface area contributed by atoms with Crippen LogP contribution in [-0.2, 0) is 6.42 Å². The Hall–Kier alpha value is -3.60. The van der Waals surface area contributed by atoms with E-state index in [2.05, 4.69) is 17.6 Å². The molecule has 2 N–H and O–H groups in total. The molecule has 0 spiro atoms. The lowest BCUT2D eigenvalue weighted by Gasteiger charge is -2.15. The van der Waals surface area contributed by atoms with Crippen LogP contribution in [0.5, 0.6) is 5.75 Å². The Morgan fingerprint density at radius 2 is 1.77 bits per heavy atom. The fourth-order valence-electron chi connectivity index (χ4n) is 4.14. The molecule has 0 fully saturated rings. The second-order valence-electron chi connectivity index (χ2n) is 7.92. The zero-order valence-corrected chi connectivity index (χ0v) is 18.0. The van der Waals surface area contributed by atoms with Crippen LogP contribution in [-0.4, -0.2) is 25.7 Å². The number of hydrogen-bond donors (Lipinski definition) is 2. The first kappa shape index (κ1) is 20.7. The molecule has 158 valence electrons. The highest BCUT2D eigenvalue weighted by Crippen LogP contribution is 2.34. The van der Waals surface area contributed by atoms with Crippen LogP contribution in [0.4, 0.5) is 0 Å². The molecule has 0 saturated carbocycles. The molecule has 0 aliphatic rings. The number of phenols is 1. The third-order valence-electron chi connectivity index (χ3n) is 5.72. The van der Waals surface area contributed by atoms with Crippen molar-refractivity contribution in [2.24, 2.45) is 0 Å². The highest BCUT2D eigenvalue weighted by atomic mass is 16.4. The molecule has 5 nitrogen and oxygen atoms in total. The molecular formula is C26H26N2O3. The maximum atomic E-state index is 11.7. The summed E-state index contributed by atoms with van der Waals surface area (Å²) in [5, 5.41) is 20.0. The Morgan fingerprint density at radius 3 is 2.48 bits per heavy atom. The van der Waals surface area contributed by atoms with Crippen molar-refractivity contribution >= 4 is 17.0 Å². The van der Waals surface area contributed by atoms with Gasteiger partial charge in [-0.05, 0) is 66.8 Å². The van der Waals surface area contributed by atoms with E-state index in [1.807, 2.05) is 44.2 Å². The summed E-state index contributed by atoms with van der Waals surface area (Å²) in [7, 11) is 0. The van der Waals surface area contributed by atoms with Gasteiger partial charge in [0.25, 0.3) is 0 Å². The summed E-state index contributed by atoms with van der Waals surface area (Å²) < 4.78 is 2.12. The van der Waals surface area contributed by atoms with Crippen molar-refractivity contribution in [3.63, 3.8) is 0 Å². The van der Waals surface area contributed by atoms with Crippen LogP contribution in [0.3, 0.4) is 0 Å². The van der Waals surface area contributed by atoms with Crippen molar-refractivity contribution in [3.05, 3.63) is 77.1 Å². The third-order valence-corrected chi connectivity index (χ3v) is 5.72. The molecule has 4 aromatic rings. The minimum atomic E-state index is -0.937. The Balaban J connectivity index is 1.91. The summed E-state index contributed by atoms with van der Waals surface area (Å²) in [6.45, 7) is 6.16. The summed E-state index contributed by atoms with van der Waals surface area (Å²) in [6.07, 6.45) is 2.87. The number of hydrogen-bond acceptors (Lipinski definition) is 3. The molecule has 4 rings (SSSR count). The van der Waals surface area contributed by atoms with Gasteiger partial charge in [0.2, 0.25) is 0 Å². The van der Waals surface area contributed by atoms with Gasteiger partial charge in [-0.15, -0.1) is 0 Å². The van der Waals surface area contributed by atoms with Gasteiger partial charge in [-0.1, -0.05) is 43.7 Å². The molecule has 1 aromatic heterocycles. The van der Waals surface area contributed by atoms with E-state index in [9.17, 15) is 15.0 Å². The number of carboxylic acids is 1. The topological polar surface area (TPSA) is 75.4 Å². The van der Waals surface area contributed by atoms with Crippen LogP contribution >= 0.6 is 0 Å². The summed E-state index contributed by atoms with van der Waals surface area (Å²) in [5.41, 5.74) is 6.38. The average molecular weight is 415 g/mol. The van der Waals surface area contributed by atoms with Crippen molar-refractivity contribution < 1.29 is 15.0 Å². The normalized spacial score (nSPS) is 11.2. The molecular weight excluding hydrogens is 388 g/mol. The minimum absolute atomic E-state index is 0.181. The maximum absolute atomic E-state index is 11.7. The van der Waals surface area contributed by atoms with Gasteiger partial charge in [-0.3, -0.25) is 4.57 Å². The SMILES string of the molecule is CCCCc1nc2c(O)ccc(C)c2n1-c1ccc(-c2ccccc2C(=O)O)c(C)c1. The smallest absolute Gasteiger partial charge is 0.336 e. The predicted octanol–water partition coefficient (Wildman–Crippen LogP) is 6.06. The largest absolute Gasteiger partial charge is 0.506 e. The first-order chi connectivity index (χ1) is 14.9. The Labute approximate surface area is 181 Å². The van der Waals surface area contributed by atoms with Gasteiger partial charge in [0.15, 0.2) is 0 Å². The van der Waals surface area contributed by atoms with Gasteiger partial charge in [0, 0.05) is 12.1 Å².